The van der Waals surface area contributed by atoms with Crippen molar-refractivity contribution in [3.8, 4) is 0 Å². The van der Waals surface area contributed by atoms with Gasteiger partial charge in [-0.25, -0.2) is 9.18 Å². The van der Waals surface area contributed by atoms with Gasteiger partial charge in [0.1, 0.15) is 11.3 Å². The molecule has 7 heteroatoms. The Hall–Kier alpha value is -1.60. The molecule has 5 nitrogen and oxygen atoms in total. The van der Waals surface area contributed by atoms with Crippen molar-refractivity contribution in [1.29, 1.82) is 0 Å². The summed E-state index contributed by atoms with van der Waals surface area (Å²) in [6.07, 6.45) is 0. The number of aromatic nitrogens is 2. The van der Waals surface area contributed by atoms with E-state index in [1.54, 1.807) is 20.2 Å². The van der Waals surface area contributed by atoms with Gasteiger partial charge in [0.25, 0.3) is 0 Å². The minimum Gasteiger partial charge on any atom is -0.399 e. The first-order chi connectivity index (χ1) is 10.0. The van der Waals surface area contributed by atoms with Crippen LogP contribution in [0, 0.1) is 5.82 Å². The van der Waals surface area contributed by atoms with Gasteiger partial charge >= 0.3 is 12.8 Å². The summed E-state index contributed by atoms with van der Waals surface area (Å²) in [7, 11) is 2.53. The molecule has 1 aromatic carbocycles. The highest BCUT2D eigenvalue weighted by atomic mass is 19.1. The number of rotatable bonds is 1. The molecule has 1 fully saturated rings. The molecule has 1 aliphatic rings. The maximum atomic E-state index is 14.5. The van der Waals surface area contributed by atoms with Gasteiger partial charge in [0.05, 0.1) is 16.7 Å². The zero-order valence-electron chi connectivity index (χ0n) is 13.7. The smallest absolute Gasteiger partial charge is 0.399 e. The van der Waals surface area contributed by atoms with Gasteiger partial charge < -0.3 is 9.31 Å². The van der Waals surface area contributed by atoms with Gasteiger partial charge in [-0.3, -0.25) is 9.13 Å². The van der Waals surface area contributed by atoms with Crippen LogP contribution in [0.15, 0.2) is 16.9 Å². The van der Waals surface area contributed by atoms with E-state index in [9.17, 15) is 9.18 Å². The van der Waals surface area contributed by atoms with Gasteiger partial charge in [0, 0.05) is 14.1 Å². The minimum absolute atomic E-state index is 0.264. The maximum Gasteiger partial charge on any atom is 0.495 e. The van der Waals surface area contributed by atoms with Gasteiger partial charge in [0.2, 0.25) is 0 Å². The molecule has 1 aromatic heterocycles. The largest absolute Gasteiger partial charge is 0.495 e. The van der Waals surface area contributed by atoms with Crippen LogP contribution in [0.4, 0.5) is 4.39 Å². The highest BCUT2D eigenvalue weighted by Crippen LogP contribution is 2.36. The van der Waals surface area contributed by atoms with Crippen molar-refractivity contribution < 1.29 is 13.7 Å². The topological polar surface area (TPSA) is 45.4 Å². The van der Waals surface area contributed by atoms with E-state index < -0.39 is 24.1 Å². The standard InChI is InChI=1S/C15H20BFN2O3/c1-14(2)15(3,4)22-16(21-14)9-7-10(17)12-11(8-9)18(5)13(20)19(12)6/h7-8H,1-6H3. The Morgan fingerprint density at radius 3 is 2.14 bits per heavy atom. The van der Waals surface area contributed by atoms with E-state index in [2.05, 4.69) is 0 Å². The van der Waals surface area contributed by atoms with Crippen molar-refractivity contribution in [3.63, 3.8) is 0 Å². The summed E-state index contributed by atoms with van der Waals surface area (Å²) in [6.45, 7) is 7.78. The molecule has 118 valence electrons. The molecular weight excluding hydrogens is 286 g/mol. The quantitative estimate of drug-likeness (QED) is 0.746. The van der Waals surface area contributed by atoms with Gasteiger partial charge in [-0.05, 0) is 45.3 Å². The number of benzene rings is 1. The van der Waals surface area contributed by atoms with Crippen LogP contribution >= 0.6 is 0 Å². The zero-order valence-corrected chi connectivity index (χ0v) is 13.7. The molecule has 0 aliphatic carbocycles. The second-order valence-electron chi connectivity index (χ2n) is 6.86. The Morgan fingerprint density at radius 2 is 1.59 bits per heavy atom. The summed E-state index contributed by atoms with van der Waals surface area (Å²) in [5.41, 5.74) is 0.131. The number of fused-ring (bicyclic) bond motifs is 1. The predicted molar refractivity (Wildman–Crippen MR) is 83.8 cm³/mol. The number of halogens is 1. The van der Waals surface area contributed by atoms with Crippen LogP contribution in [-0.2, 0) is 23.4 Å². The highest BCUT2D eigenvalue weighted by molar-refractivity contribution is 6.62. The molecule has 1 saturated heterocycles. The van der Waals surface area contributed by atoms with E-state index in [0.29, 0.717) is 11.0 Å². The van der Waals surface area contributed by atoms with Crippen LogP contribution in [0.2, 0.25) is 0 Å². The average molecular weight is 306 g/mol. The molecule has 0 N–H and O–H groups in total. The first kappa shape index (κ1) is 15.3. The van der Waals surface area contributed by atoms with Crippen molar-refractivity contribution >= 4 is 23.6 Å². The van der Waals surface area contributed by atoms with Crippen molar-refractivity contribution in [1.82, 2.24) is 9.13 Å². The summed E-state index contributed by atoms with van der Waals surface area (Å²) in [5.74, 6) is -0.456. The van der Waals surface area contributed by atoms with E-state index in [1.165, 1.54) is 15.2 Å². The summed E-state index contributed by atoms with van der Waals surface area (Å²) in [6, 6.07) is 3.13. The van der Waals surface area contributed by atoms with Crippen LogP contribution in [-0.4, -0.2) is 27.5 Å². The van der Waals surface area contributed by atoms with E-state index >= 15 is 0 Å². The van der Waals surface area contributed by atoms with Gasteiger partial charge in [-0.1, -0.05) is 0 Å². The molecule has 0 saturated carbocycles. The monoisotopic (exact) mass is 306 g/mol. The van der Waals surface area contributed by atoms with E-state index in [4.69, 9.17) is 9.31 Å². The maximum absolute atomic E-state index is 14.5. The van der Waals surface area contributed by atoms with Crippen molar-refractivity contribution in [2.45, 2.75) is 38.9 Å². The second-order valence-corrected chi connectivity index (χ2v) is 6.86. The van der Waals surface area contributed by atoms with Crippen LogP contribution in [0.3, 0.4) is 0 Å². The van der Waals surface area contributed by atoms with Gasteiger partial charge in [0.15, 0.2) is 0 Å². The lowest BCUT2D eigenvalue weighted by molar-refractivity contribution is 0.00578. The Bertz CT molecular complexity index is 806. The zero-order chi connectivity index (χ0) is 16.4. The van der Waals surface area contributed by atoms with E-state index in [-0.39, 0.29) is 11.2 Å². The molecule has 0 bridgehead atoms. The van der Waals surface area contributed by atoms with Gasteiger partial charge in [-0.15, -0.1) is 0 Å². The molecule has 1 aliphatic heterocycles. The molecule has 0 atom stereocenters. The number of hydrogen-bond donors (Lipinski definition) is 0. The first-order valence-electron chi connectivity index (χ1n) is 7.25. The molecular formula is C15H20BFN2O3. The Balaban J connectivity index is 2.15. The lowest BCUT2D eigenvalue weighted by atomic mass is 9.79. The SMILES string of the molecule is Cn1c(=O)n(C)c2c(F)cc(B3OC(C)(C)C(C)(C)O3)cc21. The second kappa shape index (κ2) is 4.46. The van der Waals surface area contributed by atoms with Crippen molar-refractivity contribution in [2.75, 3.05) is 0 Å². The molecule has 2 heterocycles. The summed E-state index contributed by atoms with van der Waals surface area (Å²) >= 11 is 0. The Labute approximate surface area is 128 Å². The third kappa shape index (κ3) is 1.95. The van der Waals surface area contributed by atoms with Crippen LogP contribution in [0.5, 0.6) is 0 Å². The Kier molecular flexibility index (Phi) is 3.10. The number of hydrogen-bond acceptors (Lipinski definition) is 3. The molecule has 2 aromatic rings. The predicted octanol–water partition coefficient (Wildman–Crippen LogP) is 1.32. The summed E-state index contributed by atoms with van der Waals surface area (Å²) in [5, 5.41) is 0. The molecule has 0 amide bonds. The lowest BCUT2D eigenvalue weighted by Gasteiger charge is -2.32. The fraction of sp³-hybridized carbons (Fsp3) is 0.533. The fourth-order valence-corrected chi connectivity index (χ4v) is 2.73. The van der Waals surface area contributed by atoms with Crippen molar-refractivity contribution in [3.05, 3.63) is 28.4 Å². The molecule has 0 unspecified atom stereocenters. The van der Waals surface area contributed by atoms with E-state index in [1.807, 2.05) is 27.7 Å². The number of aryl methyl sites for hydroxylation is 2. The minimum atomic E-state index is -0.654. The number of imidazole rings is 1. The lowest BCUT2D eigenvalue weighted by Crippen LogP contribution is -2.41. The molecule has 0 radical (unpaired) electrons. The molecule has 3 rings (SSSR count). The van der Waals surface area contributed by atoms with Crippen LogP contribution in [0.25, 0.3) is 11.0 Å². The summed E-state index contributed by atoms with van der Waals surface area (Å²) < 4.78 is 29.1. The summed E-state index contributed by atoms with van der Waals surface area (Å²) in [4.78, 5) is 12.0. The normalized spacial score (nSPS) is 20.0. The van der Waals surface area contributed by atoms with Gasteiger partial charge in [-0.2, -0.15) is 0 Å². The average Bonchev–Trinajstić information content (AvgIpc) is 2.76. The number of nitrogens with zero attached hydrogens (tertiary/aromatic N) is 2. The third-order valence-electron chi connectivity index (χ3n) is 4.86. The van der Waals surface area contributed by atoms with E-state index in [0.717, 1.165) is 0 Å². The first-order valence-corrected chi connectivity index (χ1v) is 7.25. The molecule has 22 heavy (non-hydrogen) atoms. The highest BCUT2D eigenvalue weighted by Gasteiger charge is 2.51. The third-order valence-corrected chi connectivity index (χ3v) is 4.86. The van der Waals surface area contributed by atoms with Crippen LogP contribution in [0.1, 0.15) is 27.7 Å². The Morgan fingerprint density at radius 1 is 1.05 bits per heavy atom. The fourth-order valence-electron chi connectivity index (χ4n) is 2.73. The van der Waals surface area contributed by atoms with Crippen LogP contribution < -0.4 is 11.2 Å². The van der Waals surface area contributed by atoms with Crippen molar-refractivity contribution in [2.24, 2.45) is 14.1 Å². The molecule has 0 spiro atoms.